The van der Waals surface area contributed by atoms with Gasteiger partial charge in [0.1, 0.15) is 5.41 Å². The van der Waals surface area contributed by atoms with Gasteiger partial charge < -0.3 is 5.11 Å². The molecule has 0 radical (unpaired) electrons. The van der Waals surface area contributed by atoms with Crippen LogP contribution in [0.4, 0.5) is 0 Å². The lowest BCUT2D eigenvalue weighted by atomic mass is 9.54. The van der Waals surface area contributed by atoms with Crippen LogP contribution in [0.2, 0.25) is 0 Å². The summed E-state index contributed by atoms with van der Waals surface area (Å²) in [5.41, 5.74) is 0.773. The van der Waals surface area contributed by atoms with E-state index >= 15 is 0 Å². The molecule has 2 aliphatic rings. The van der Waals surface area contributed by atoms with Gasteiger partial charge in [-0.05, 0) is 49.1 Å². The zero-order chi connectivity index (χ0) is 14.2. The van der Waals surface area contributed by atoms with Gasteiger partial charge in [0.2, 0.25) is 0 Å². The first-order valence-corrected chi connectivity index (χ1v) is 7.86. The van der Waals surface area contributed by atoms with E-state index in [9.17, 15) is 10.4 Å². The van der Waals surface area contributed by atoms with Gasteiger partial charge in [-0.25, -0.2) is 0 Å². The van der Waals surface area contributed by atoms with Gasteiger partial charge in [-0.2, -0.15) is 5.26 Å². The number of nitriles is 1. The third-order valence-corrected chi connectivity index (χ3v) is 5.67. The molecule has 0 aromatic heterocycles. The fourth-order valence-electron chi connectivity index (χ4n) is 4.46. The van der Waals surface area contributed by atoms with Gasteiger partial charge in [0.15, 0.2) is 0 Å². The first-order valence-electron chi connectivity index (χ1n) is 7.86. The topological polar surface area (TPSA) is 44.0 Å². The third-order valence-electron chi connectivity index (χ3n) is 5.67. The van der Waals surface area contributed by atoms with Crippen molar-refractivity contribution in [3.05, 3.63) is 35.4 Å². The number of nitrogens with zero attached hydrogens (tertiary/aromatic N) is 1. The Hall–Kier alpha value is -1.33. The van der Waals surface area contributed by atoms with Crippen molar-refractivity contribution in [1.29, 1.82) is 5.26 Å². The Morgan fingerprint density at radius 1 is 1.20 bits per heavy atom. The summed E-state index contributed by atoms with van der Waals surface area (Å²) < 4.78 is 0. The first-order chi connectivity index (χ1) is 9.64. The minimum atomic E-state index is -0.865. The molecule has 1 saturated carbocycles. The molecule has 2 aliphatic carbocycles. The second-order valence-electron chi connectivity index (χ2n) is 6.60. The summed E-state index contributed by atoms with van der Waals surface area (Å²) in [4.78, 5) is 0. The van der Waals surface area contributed by atoms with Crippen LogP contribution in [-0.2, 0) is 11.8 Å². The average Bonchev–Trinajstić information content (AvgIpc) is 2.49. The normalized spacial score (nSPS) is 37.0. The quantitative estimate of drug-likeness (QED) is 0.844. The van der Waals surface area contributed by atoms with Crippen molar-refractivity contribution in [2.24, 2.45) is 5.92 Å². The van der Waals surface area contributed by atoms with Crippen molar-refractivity contribution >= 4 is 0 Å². The number of fused-ring (bicyclic) bond motifs is 1. The van der Waals surface area contributed by atoms with Crippen molar-refractivity contribution in [1.82, 2.24) is 0 Å². The van der Waals surface area contributed by atoms with Crippen LogP contribution in [0.25, 0.3) is 0 Å². The van der Waals surface area contributed by atoms with Crippen LogP contribution in [0.3, 0.4) is 0 Å². The van der Waals surface area contributed by atoms with Crippen LogP contribution in [0.5, 0.6) is 0 Å². The number of hydrogen-bond donors (Lipinski definition) is 1. The van der Waals surface area contributed by atoms with E-state index in [4.69, 9.17) is 0 Å². The highest BCUT2D eigenvalue weighted by Gasteiger charge is 2.56. The minimum absolute atomic E-state index is 0.196. The van der Waals surface area contributed by atoms with E-state index in [0.29, 0.717) is 0 Å². The molecule has 0 heterocycles. The highest BCUT2D eigenvalue weighted by Crippen LogP contribution is 2.52. The predicted octanol–water partition coefficient (Wildman–Crippen LogP) is 3.73. The second-order valence-corrected chi connectivity index (χ2v) is 6.60. The van der Waals surface area contributed by atoms with Gasteiger partial charge >= 0.3 is 0 Å². The molecule has 1 aromatic carbocycles. The van der Waals surface area contributed by atoms with Crippen LogP contribution in [0, 0.1) is 17.2 Å². The van der Waals surface area contributed by atoms with Gasteiger partial charge in [0.25, 0.3) is 0 Å². The Morgan fingerprint density at radius 2 is 2.00 bits per heavy atom. The number of rotatable bonds is 1. The number of benzene rings is 1. The summed E-state index contributed by atoms with van der Waals surface area (Å²) >= 11 is 0. The van der Waals surface area contributed by atoms with Crippen molar-refractivity contribution in [2.75, 3.05) is 0 Å². The molecule has 1 fully saturated rings. The molecule has 0 bridgehead atoms. The Labute approximate surface area is 121 Å². The lowest BCUT2D eigenvalue weighted by molar-refractivity contribution is -0.0927. The molecule has 3 unspecified atom stereocenters. The maximum Gasteiger partial charge on any atom is 0.111 e. The lowest BCUT2D eigenvalue weighted by Gasteiger charge is -2.51. The SMILES string of the molecule is CC1CCCCC1(O)C1(C#N)CCCc2ccccc21. The molecular formula is C18H23NO. The Morgan fingerprint density at radius 3 is 2.75 bits per heavy atom. The molecule has 0 aliphatic heterocycles. The molecule has 2 heteroatoms. The highest BCUT2D eigenvalue weighted by molar-refractivity contribution is 5.45. The Kier molecular flexibility index (Phi) is 3.34. The van der Waals surface area contributed by atoms with Crippen LogP contribution < -0.4 is 0 Å². The summed E-state index contributed by atoms with van der Waals surface area (Å²) in [5.74, 6) is 0.196. The fraction of sp³-hybridized carbons (Fsp3) is 0.611. The maximum atomic E-state index is 11.4. The monoisotopic (exact) mass is 269 g/mol. The van der Waals surface area contributed by atoms with E-state index < -0.39 is 11.0 Å². The summed E-state index contributed by atoms with van der Waals surface area (Å²) in [7, 11) is 0. The smallest absolute Gasteiger partial charge is 0.111 e. The molecule has 106 valence electrons. The molecule has 1 aromatic rings. The zero-order valence-corrected chi connectivity index (χ0v) is 12.2. The predicted molar refractivity (Wildman–Crippen MR) is 79.3 cm³/mol. The molecule has 20 heavy (non-hydrogen) atoms. The van der Waals surface area contributed by atoms with Crippen LogP contribution in [-0.4, -0.2) is 10.7 Å². The molecule has 0 saturated heterocycles. The van der Waals surface area contributed by atoms with Crippen molar-refractivity contribution < 1.29 is 5.11 Å². The molecule has 0 amide bonds. The van der Waals surface area contributed by atoms with Crippen LogP contribution >= 0.6 is 0 Å². The van der Waals surface area contributed by atoms with Crippen LogP contribution in [0.15, 0.2) is 24.3 Å². The van der Waals surface area contributed by atoms with Gasteiger partial charge in [-0.3, -0.25) is 0 Å². The Balaban J connectivity index is 2.16. The number of hydrogen-bond acceptors (Lipinski definition) is 2. The van der Waals surface area contributed by atoms with Crippen LogP contribution in [0.1, 0.15) is 56.6 Å². The van der Waals surface area contributed by atoms with Crippen molar-refractivity contribution in [3.8, 4) is 6.07 Å². The first kappa shape index (κ1) is 13.6. The minimum Gasteiger partial charge on any atom is -0.388 e. The van der Waals surface area contributed by atoms with Crippen molar-refractivity contribution in [3.63, 3.8) is 0 Å². The second kappa shape index (κ2) is 4.90. The third kappa shape index (κ3) is 1.73. The molecule has 1 N–H and O–H groups in total. The number of aryl methyl sites for hydroxylation is 1. The standard InChI is InChI=1S/C18H23NO/c1-14-7-4-5-12-18(14,20)17(13-19)11-6-9-15-8-2-3-10-16(15)17/h2-3,8,10,14,20H,4-7,9,11-12H2,1H3. The maximum absolute atomic E-state index is 11.4. The van der Waals surface area contributed by atoms with E-state index in [-0.39, 0.29) is 5.92 Å². The van der Waals surface area contributed by atoms with E-state index in [1.165, 1.54) is 12.0 Å². The van der Waals surface area contributed by atoms with Gasteiger partial charge in [0, 0.05) is 0 Å². The zero-order valence-electron chi connectivity index (χ0n) is 12.2. The molecule has 2 nitrogen and oxygen atoms in total. The molecule has 3 rings (SSSR count). The van der Waals surface area contributed by atoms with Crippen molar-refractivity contribution in [2.45, 2.75) is 62.9 Å². The highest BCUT2D eigenvalue weighted by atomic mass is 16.3. The summed E-state index contributed by atoms with van der Waals surface area (Å²) in [5, 5.41) is 21.5. The molecular weight excluding hydrogens is 246 g/mol. The molecule has 0 spiro atoms. The summed E-state index contributed by atoms with van der Waals surface area (Å²) in [6, 6.07) is 10.8. The van der Waals surface area contributed by atoms with Gasteiger partial charge in [-0.15, -0.1) is 0 Å². The largest absolute Gasteiger partial charge is 0.388 e. The van der Waals surface area contributed by atoms with E-state index in [2.05, 4.69) is 25.1 Å². The summed E-state index contributed by atoms with van der Waals surface area (Å²) in [6.45, 7) is 2.12. The summed E-state index contributed by atoms with van der Waals surface area (Å²) in [6.07, 6.45) is 6.82. The van der Waals surface area contributed by atoms with Gasteiger partial charge in [-0.1, -0.05) is 44.0 Å². The molecule has 3 atom stereocenters. The van der Waals surface area contributed by atoms with E-state index in [1.807, 2.05) is 12.1 Å². The Bertz CT molecular complexity index is 547. The lowest BCUT2D eigenvalue weighted by Crippen LogP contribution is -2.57. The van der Waals surface area contributed by atoms with E-state index in [1.54, 1.807) is 0 Å². The average molecular weight is 269 g/mol. The number of aliphatic hydroxyl groups is 1. The fourth-order valence-corrected chi connectivity index (χ4v) is 4.46. The van der Waals surface area contributed by atoms with Gasteiger partial charge in [0.05, 0.1) is 11.7 Å². The van der Waals surface area contributed by atoms with E-state index in [0.717, 1.165) is 44.1 Å².